The summed E-state index contributed by atoms with van der Waals surface area (Å²) in [4.78, 5) is 92.4. The Hall–Kier alpha value is 5.60. The maximum atomic E-state index is 12.3. The zero-order valence-corrected chi connectivity index (χ0v) is 95.9. The Morgan fingerprint density at radius 2 is 0.311 bits per heavy atom. The van der Waals surface area contributed by atoms with Crippen molar-refractivity contribution < 1.29 is 441 Å². The first-order valence-corrected chi connectivity index (χ1v) is 48.4. The van der Waals surface area contributed by atoms with Gasteiger partial charge >= 0.3 is 207 Å². The number of Topliss-reactive ketones (excluding diaryl/α,β-unsaturated/α-hetero) is 1. The second-order valence-corrected chi connectivity index (χ2v) is 38.5. The molecule has 23 N–H and O–H groups in total. The van der Waals surface area contributed by atoms with Crippen LogP contribution in [-0.4, -0.2) is 508 Å². The first-order valence-electron chi connectivity index (χ1n) is 39.2. The van der Waals surface area contributed by atoms with Crippen molar-refractivity contribution in [2.75, 3.05) is 92.0 Å². The number of ketones is 1. The van der Waals surface area contributed by atoms with E-state index in [4.69, 9.17) is 75.8 Å². The van der Waals surface area contributed by atoms with Crippen molar-refractivity contribution in [2.24, 2.45) is 0 Å². The Bertz CT molecular complexity index is 3010. The van der Waals surface area contributed by atoms with Crippen LogP contribution in [0, 0.1) is 0 Å². The summed E-state index contributed by atoms with van der Waals surface area (Å²) < 4.78 is 101. The molecule has 0 aromatic rings. The van der Waals surface area contributed by atoms with Crippen molar-refractivity contribution in [3.05, 3.63) is 0 Å². The summed E-state index contributed by atoms with van der Waals surface area (Å²) in [5.41, 5.74) is 0. The Labute approximate surface area is 968 Å². The first-order chi connectivity index (χ1) is 58.2. The SMILES string of the molecule is CC(=O)CCSCC1OC2OC3C(CSCC[C-]=O)OC(OC4C(CSCC[C-]=O)OC(OC5C(CSCC[C-]=O)OC(OC6C(CSCC[C-]=O)OC(OC7C(CSCC[C-]=O)OC(OC8C(CSCC[C-]=O)OC(OC9C(CSCC[C-]=O)OC(OC1C(O)C2O)C(O)C9O)C(O)C8O)C(O)C7O)C(O)C6O)C(O)C5O)C(O)C4O)C(O)C3O.[Na+].[Na+].[Na+].[Na+].[Na+].[Na+].[Na+].[OH-].[OH-].[OH-].[OH-].[OH-].[OH-].[OH-]. The molecule has 40 unspecified atom stereocenters. The molecule has 0 amide bonds. The molecule has 62 heteroatoms. The monoisotopic (exact) mass is 2160 g/mol. The van der Waals surface area contributed by atoms with Crippen LogP contribution in [0.25, 0.3) is 0 Å². The summed E-state index contributed by atoms with van der Waals surface area (Å²) >= 11 is 8.54. The molecule has 30 heterocycles. The van der Waals surface area contributed by atoms with Crippen molar-refractivity contribution in [3.63, 3.8) is 0 Å². The maximum absolute atomic E-state index is 12.3. The van der Waals surface area contributed by atoms with Gasteiger partial charge in [0.15, 0.2) is 50.3 Å². The van der Waals surface area contributed by atoms with Crippen molar-refractivity contribution in [1.82, 2.24) is 0 Å². The molecule has 30 aliphatic rings. The van der Waals surface area contributed by atoms with Gasteiger partial charge in [-0.05, 0) is 47.2 Å². The molecule has 30 fully saturated rings. The predicted octanol–water partition coefficient (Wildman–Crippen LogP) is -29.2. The van der Waals surface area contributed by atoms with Gasteiger partial charge in [0.1, 0.15) is 152 Å². The molecule has 135 heavy (non-hydrogen) atoms. The minimum Gasteiger partial charge on any atom is -0.870 e. The fourth-order valence-electron chi connectivity index (χ4n) is 14.4. The summed E-state index contributed by atoms with van der Waals surface area (Å²) in [5, 5.41) is 195. The minimum absolute atomic E-state index is 0. The molecule has 0 aliphatic carbocycles. The van der Waals surface area contributed by atoms with Crippen molar-refractivity contribution in [3.8, 4) is 0 Å². The summed E-state index contributed by atoms with van der Waals surface area (Å²) in [6.07, 6.45) is -64.6. The van der Waals surface area contributed by atoms with E-state index in [0.717, 1.165) is 94.1 Å². The molecule has 750 valence electrons. The van der Waals surface area contributed by atoms with E-state index in [-0.39, 0.29) is 394 Å². The average Bonchev–Trinajstić information content (AvgIpc) is 0.768. The standard InChI is InChI=1S/C73H107O40S8.7Na.7H2O/c1-33(81)9-24-121-32-41-65-49(89)57(97)73(105-41)112-64-40(31-120-23-8-16-80)103-71(55(95)47(64)87)110-62-38(29-118-21-6-14-78)101-69(53(93)45(62)85)108-60-36(27-116-19-4-12-76)99-67(51(91)43(60)83)106-58-34(25-114-17-2-10-74)98-66(50(90)42(58)82)107-59-35(26-115-18-3-11-75)100-68(52(92)44(59)84)109-61-37(28-117-20-5-13-77)102-70(54(94)46(61)86)111-63-39(30-119-22-7-15-79)104-72(113-65)56(96)48(63)88;;;;;;;;;;;;;;/h34-73,82-97H,2-9,17-32H2,1H3;;;;;;;;7*1H2/q-7;7*+1;;;;;;;/p-7. The van der Waals surface area contributed by atoms with E-state index in [1.807, 2.05) is 0 Å². The molecule has 47 nitrogen and oxygen atoms in total. The van der Waals surface area contributed by atoms with E-state index >= 15 is 0 Å². The van der Waals surface area contributed by atoms with E-state index in [1.165, 1.54) is 6.92 Å². The van der Waals surface area contributed by atoms with E-state index in [1.54, 1.807) is 44.0 Å². The molecule has 0 aromatic heterocycles. The minimum atomic E-state index is -2.19. The number of aliphatic hydroxyl groups excluding tert-OH is 16. The van der Waals surface area contributed by atoms with E-state index in [9.17, 15) is 120 Å². The van der Waals surface area contributed by atoms with Gasteiger partial charge < -0.3 is 229 Å². The zero-order chi connectivity index (χ0) is 87.6. The second-order valence-electron chi connectivity index (χ2n) is 29.3. The number of aliphatic hydroxyl groups is 16. The Balaban J connectivity index is -0.00000297. The van der Waals surface area contributed by atoms with Gasteiger partial charge in [0.2, 0.25) is 0 Å². The number of hydrogen-bond acceptors (Lipinski definition) is 55. The normalized spacial score (nSPS) is 38.7. The number of carbonyl (C=O) groups excluding carboxylic acids is 8. The van der Waals surface area contributed by atoms with Crippen LogP contribution in [-0.2, 0) is 114 Å². The van der Waals surface area contributed by atoms with Crippen molar-refractivity contribution in [2.45, 2.75) is 304 Å². The topological polar surface area (TPSA) is 818 Å². The van der Waals surface area contributed by atoms with Gasteiger partial charge in [-0.15, -0.1) is 44.9 Å². The van der Waals surface area contributed by atoms with Crippen LogP contribution >= 0.6 is 94.1 Å². The molecule has 0 radical (unpaired) electrons. The summed E-state index contributed by atoms with van der Waals surface area (Å²) in [7, 11) is 0. The van der Waals surface area contributed by atoms with Crippen molar-refractivity contribution >= 4 is 144 Å². The van der Waals surface area contributed by atoms with Crippen LogP contribution in [0.2, 0.25) is 0 Å². The Morgan fingerprint density at radius 3 is 0.415 bits per heavy atom. The Morgan fingerprint density at radius 1 is 0.200 bits per heavy atom. The fraction of sp³-hybridized carbons (Fsp3) is 0.890. The van der Waals surface area contributed by atoms with Crippen molar-refractivity contribution in [1.29, 1.82) is 0 Å². The molecular weight excluding hydrogens is 2050 g/mol. The molecule has 30 aliphatic heterocycles. The summed E-state index contributed by atoms with van der Waals surface area (Å²) in [6.45, 7) is 1.35. The smallest absolute Gasteiger partial charge is 0.870 e. The zero-order valence-electron chi connectivity index (χ0n) is 75.4. The van der Waals surface area contributed by atoms with Gasteiger partial charge in [-0.25, -0.2) is 0 Å². The van der Waals surface area contributed by atoms with E-state index in [0.29, 0.717) is 0 Å². The van der Waals surface area contributed by atoms with Gasteiger partial charge in [0, 0.05) is 58.2 Å². The molecule has 0 saturated carbocycles. The van der Waals surface area contributed by atoms with E-state index in [2.05, 4.69) is 0 Å². The molecule has 0 spiro atoms. The molecule has 40 atom stereocenters. The van der Waals surface area contributed by atoms with Crippen LogP contribution in [0.5, 0.6) is 0 Å². The number of thioether (sulfide) groups is 8. The third-order valence-electron chi connectivity index (χ3n) is 20.8. The van der Waals surface area contributed by atoms with Gasteiger partial charge in [0.25, 0.3) is 0 Å². The number of ether oxygens (including phenoxy) is 16. The van der Waals surface area contributed by atoms with Crippen LogP contribution in [0.3, 0.4) is 0 Å². The summed E-state index contributed by atoms with van der Waals surface area (Å²) in [6, 6.07) is 0. The van der Waals surface area contributed by atoms with Crippen LogP contribution in [0.4, 0.5) is 0 Å². The van der Waals surface area contributed by atoms with Gasteiger partial charge in [-0.3, -0.25) is 48.8 Å². The maximum Gasteiger partial charge on any atom is 1.00 e. The third-order valence-corrected chi connectivity index (χ3v) is 29.2. The van der Waals surface area contributed by atoms with Gasteiger partial charge in [-0.2, -0.15) is 94.1 Å². The van der Waals surface area contributed by atoms with Gasteiger partial charge in [0.05, 0.1) is 48.8 Å². The summed E-state index contributed by atoms with van der Waals surface area (Å²) in [5.74, 6) is -1.02. The average molecular weight is 2160 g/mol. The Kier molecular flexibility index (Phi) is 89.1. The number of hydrogen-bond donors (Lipinski definition) is 16. The third kappa shape index (κ3) is 43.5. The molecule has 16 bridgehead atoms. The largest absolute Gasteiger partial charge is 1.00 e. The molecular formula is C73H114Na7O47S8-7. The quantitative estimate of drug-likeness (QED) is 0.0154. The molecule has 30 saturated heterocycles. The second kappa shape index (κ2) is 79.6. The molecule has 30 rings (SSSR count). The predicted molar refractivity (Wildman–Crippen MR) is 444 cm³/mol. The van der Waals surface area contributed by atoms with Crippen LogP contribution < -0.4 is 207 Å². The first kappa shape index (κ1) is 151. The number of rotatable bonds is 40. The number of carbonyl (C=O) groups is 1. The van der Waals surface area contributed by atoms with E-state index < -0.39 is 246 Å². The molecule has 0 aromatic carbocycles. The van der Waals surface area contributed by atoms with Gasteiger partial charge in [-0.1, -0.05) is 0 Å². The fourth-order valence-corrected chi connectivity index (χ4v) is 21.8. The van der Waals surface area contributed by atoms with Crippen LogP contribution in [0.15, 0.2) is 0 Å². The van der Waals surface area contributed by atoms with Crippen LogP contribution in [0.1, 0.15) is 58.3 Å².